The first-order chi connectivity index (χ1) is 14.8. The van der Waals surface area contributed by atoms with Crippen LogP contribution >= 0.6 is 0 Å². The molecule has 1 aliphatic heterocycles. The summed E-state index contributed by atoms with van der Waals surface area (Å²) in [5.74, 6) is 1.48. The summed E-state index contributed by atoms with van der Waals surface area (Å²) < 4.78 is 33.5. The monoisotopic (exact) mass is 409 g/mol. The molecule has 4 heterocycles. The van der Waals surface area contributed by atoms with Crippen LogP contribution in [0.5, 0.6) is 5.75 Å². The zero-order chi connectivity index (χ0) is 20.3. The maximum absolute atomic E-state index is 13.4. The van der Waals surface area contributed by atoms with Crippen LogP contribution in [0.1, 0.15) is 0 Å². The minimum absolute atomic E-state index is 0.107. The third-order valence-corrected chi connectivity index (χ3v) is 4.95. The van der Waals surface area contributed by atoms with Crippen molar-refractivity contribution in [2.24, 2.45) is 0 Å². The number of ether oxygens (including phenoxy) is 3. The first-order valence-corrected chi connectivity index (χ1v) is 9.66. The number of alkyl halides is 1. The van der Waals surface area contributed by atoms with Gasteiger partial charge in [-0.15, -0.1) is 0 Å². The molecule has 0 amide bonds. The molecule has 4 aromatic rings. The molecule has 2 unspecified atom stereocenters. The van der Waals surface area contributed by atoms with E-state index in [4.69, 9.17) is 14.2 Å². The molecule has 1 saturated heterocycles. The van der Waals surface area contributed by atoms with Crippen LogP contribution in [-0.4, -0.2) is 62.8 Å². The summed E-state index contributed by atoms with van der Waals surface area (Å²) >= 11 is 0. The lowest BCUT2D eigenvalue weighted by Crippen LogP contribution is -2.25. The zero-order valence-electron chi connectivity index (χ0n) is 16.1. The predicted molar refractivity (Wildman–Crippen MR) is 107 cm³/mol. The van der Waals surface area contributed by atoms with Crippen molar-refractivity contribution in [3.8, 4) is 17.3 Å². The van der Waals surface area contributed by atoms with Gasteiger partial charge in [0.15, 0.2) is 6.17 Å². The van der Waals surface area contributed by atoms with Crippen LogP contribution in [0.25, 0.3) is 22.5 Å². The van der Waals surface area contributed by atoms with Gasteiger partial charge in [0, 0.05) is 24.1 Å². The number of hydrogen-bond acceptors (Lipinski definition) is 6. The Labute approximate surface area is 171 Å². The minimum Gasteiger partial charge on any atom is -0.491 e. The molecule has 0 spiro atoms. The highest BCUT2D eigenvalue weighted by atomic mass is 19.1. The number of fused-ring (bicyclic) bond motifs is 1. The molecule has 0 bridgehead atoms. The number of halogens is 1. The van der Waals surface area contributed by atoms with E-state index < -0.39 is 12.3 Å². The molecule has 0 saturated carbocycles. The van der Waals surface area contributed by atoms with Gasteiger partial charge in [-0.1, -0.05) is 0 Å². The second kappa shape index (κ2) is 8.21. The average Bonchev–Trinajstić information content (AvgIpc) is 3.53. The van der Waals surface area contributed by atoms with Gasteiger partial charge in [0.25, 0.3) is 0 Å². The number of hydrogen-bond donors (Lipinski definition) is 0. The maximum atomic E-state index is 13.4. The SMILES string of the molecule is FC1COCC1OCCOc1ccc(-n2cnc3cnc(-n4ccnc4)cc32)cc1. The van der Waals surface area contributed by atoms with E-state index in [1.54, 1.807) is 25.0 Å². The fourth-order valence-corrected chi connectivity index (χ4v) is 3.37. The molecule has 1 aromatic carbocycles. The van der Waals surface area contributed by atoms with Gasteiger partial charge in [0.2, 0.25) is 0 Å². The number of aromatic nitrogens is 5. The van der Waals surface area contributed by atoms with Gasteiger partial charge >= 0.3 is 0 Å². The van der Waals surface area contributed by atoms with Crippen molar-refractivity contribution < 1.29 is 18.6 Å². The number of benzene rings is 1. The molecule has 3 aromatic heterocycles. The van der Waals surface area contributed by atoms with Crippen molar-refractivity contribution in [3.05, 3.63) is 61.6 Å². The minimum atomic E-state index is -1.06. The van der Waals surface area contributed by atoms with E-state index in [0.717, 1.165) is 22.5 Å². The third-order valence-electron chi connectivity index (χ3n) is 4.95. The third kappa shape index (κ3) is 3.77. The Balaban J connectivity index is 1.26. The molecular weight excluding hydrogens is 389 g/mol. The maximum Gasteiger partial charge on any atom is 0.152 e. The van der Waals surface area contributed by atoms with Crippen molar-refractivity contribution in [3.63, 3.8) is 0 Å². The van der Waals surface area contributed by atoms with Crippen LogP contribution in [0.4, 0.5) is 4.39 Å². The average molecular weight is 409 g/mol. The highest BCUT2D eigenvalue weighted by Crippen LogP contribution is 2.22. The zero-order valence-corrected chi connectivity index (χ0v) is 16.1. The summed E-state index contributed by atoms with van der Waals surface area (Å²) in [6.07, 6.45) is 7.23. The Bertz CT molecular complexity index is 1110. The molecule has 154 valence electrons. The Morgan fingerprint density at radius 1 is 1.10 bits per heavy atom. The normalized spacial score (nSPS) is 18.8. The van der Waals surface area contributed by atoms with Crippen molar-refractivity contribution in [1.82, 2.24) is 24.1 Å². The summed E-state index contributed by atoms with van der Waals surface area (Å²) in [7, 11) is 0. The van der Waals surface area contributed by atoms with E-state index in [0.29, 0.717) is 25.6 Å². The standard InChI is InChI=1S/C21H20FN5O3/c22-17-11-28-12-20(17)30-8-7-29-16-3-1-15(2-4-16)27-14-25-18-10-24-21(9-19(18)27)26-6-5-23-13-26/h1-6,9-10,13-14,17,20H,7-8,11-12H2. The molecule has 30 heavy (non-hydrogen) atoms. The Morgan fingerprint density at radius 3 is 2.77 bits per heavy atom. The molecule has 0 radical (unpaired) electrons. The second-order valence-corrected chi connectivity index (χ2v) is 6.92. The first-order valence-electron chi connectivity index (χ1n) is 9.66. The van der Waals surface area contributed by atoms with Gasteiger partial charge in [0.1, 0.15) is 42.4 Å². The van der Waals surface area contributed by atoms with Gasteiger partial charge in [-0.2, -0.15) is 0 Å². The summed E-state index contributed by atoms with van der Waals surface area (Å²) in [4.78, 5) is 12.9. The topological polar surface area (TPSA) is 76.2 Å². The van der Waals surface area contributed by atoms with Gasteiger partial charge in [0.05, 0.1) is 31.5 Å². The van der Waals surface area contributed by atoms with Crippen LogP contribution < -0.4 is 4.74 Å². The molecule has 9 heteroatoms. The fraction of sp³-hybridized carbons (Fsp3) is 0.286. The van der Waals surface area contributed by atoms with Gasteiger partial charge in [-0.05, 0) is 24.3 Å². The molecule has 0 N–H and O–H groups in total. The van der Waals surface area contributed by atoms with E-state index in [1.165, 1.54) is 0 Å². The van der Waals surface area contributed by atoms with Crippen LogP contribution in [0.2, 0.25) is 0 Å². The Kier molecular flexibility index (Phi) is 5.12. The number of pyridine rings is 1. The van der Waals surface area contributed by atoms with E-state index in [9.17, 15) is 4.39 Å². The smallest absolute Gasteiger partial charge is 0.152 e. The lowest BCUT2D eigenvalue weighted by atomic mass is 10.3. The van der Waals surface area contributed by atoms with E-state index in [2.05, 4.69) is 15.0 Å². The molecule has 8 nitrogen and oxygen atoms in total. The van der Waals surface area contributed by atoms with Crippen LogP contribution in [-0.2, 0) is 9.47 Å². The summed E-state index contributed by atoms with van der Waals surface area (Å²) in [5, 5.41) is 0. The molecule has 1 aliphatic rings. The van der Waals surface area contributed by atoms with Crippen LogP contribution in [0, 0.1) is 0 Å². The Morgan fingerprint density at radius 2 is 2.00 bits per heavy atom. The molecular formula is C21H20FN5O3. The van der Waals surface area contributed by atoms with Crippen molar-refractivity contribution in [1.29, 1.82) is 0 Å². The van der Waals surface area contributed by atoms with Crippen molar-refractivity contribution in [2.45, 2.75) is 12.3 Å². The van der Waals surface area contributed by atoms with E-state index in [-0.39, 0.29) is 6.61 Å². The summed E-state index contributed by atoms with van der Waals surface area (Å²) in [6, 6.07) is 9.65. The van der Waals surface area contributed by atoms with Gasteiger partial charge < -0.3 is 14.2 Å². The highest BCUT2D eigenvalue weighted by molar-refractivity contribution is 5.78. The Hall–Kier alpha value is -3.30. The highest BCUT2D eigenvalue weighted by Gasteiger charge is 2.28. The van der Waals surface area contributed by atoms with Crippen molar-refractivity contribution in [2.75, 3.05) is 26.4 Å². The van der Waals surface area contributed by atoms with Crippen molar-refractivity contribution >= 4 is 11.0 Å². The molecule has 2 atom stereocenters. The number of nitrogens with zero attached hydrogens (tertiary/aromatic N) is 5. The summed E-state index contributed by atoms with van der Waals surface area (Å²) in [5.41, 5.74) is 2.70. The van der Waals surface area contributed by atoms with E-state index >= 15 is 0 Å². The fourth-order valence-electron chi connectivity index (χ4n) is 3.37. The molecule has 1 fully saturated rings. The first kappa shape index (κ1) is 18.7. The lowest BCUT2D eigenvalue weighted by molar-refractivity contribution is 0.00362. The quantitative estimate of drug-likeness (QED) is 0.437. The number of rotatable bonds is 7. The molecule has 5 rings (SSSR count). The van der Waals surface area contributed by atoms with E-state index in [1.807, 2.05) is 45.7 Å². The number of imidazole rings is 2. The van der Waals surface area contributed by atoms with Gasteiger partial charge in [-0.3, -0.25) is 9.13 Å². The van der Waals surface area contributed by atoms with Crippen LogP contribution in [0.15, 0.2) is 61.6 Å². The van der Waals surface area contributed by atoms with Crippen LogP contribution in [0.3, 0.4) is 0 Å². The molecule has 0 aliphatic carbocycles. The second-order valence-electron chi connectivity index (χ2n) is 6.92. The van der Waals surface area contributed by atoms with Gasteiger partial charge in [-0.25, -0.2) is 19.3 Å². The predicted octanol–water partition coefficient (Wildman–Crippen LogP) is 2.74. The summed E-state index contributed by atoms with van der Waals surface area (Å²) in [6.45, 7) is 1.06. The lowest BCUT2D eigenvalue weighted by Gasteiger charge is -2.13. The largest absolute Gasteiger partial charge is 0.491 e.